The Labute approximate surface area is 129 Å². The van der Waals surface area contributed by atoms with Crippen molar-refractivity contribution >= 4 is 11.7 Å². The Bertz CT molecular complexity index is 658. The van der Waals surface area contributed by atoms with E-state index in [9.17, 15) is 4.79 Å². The van der Waals surface area contributed by atoms with Crippen molar-refractivity contribution in [1.29, 1.82) is 0 Å². The van der Waals surface area contributed by atoms with Crippen LogP contribution in [0.3, 0.4) is 0 Å². The molecule has 5 heteroatoms. The van der Waals surface area contributed by atoms with Gasteiger partial charge in [-0.05, 0) is 12.5 Å². The average molecular weight is 300 g/mol. The average Bonchev–Trinajstić information content (AvgIpc) is 2.93. The first kappa shape index (κ1) is 14.7. The molecule has 0 amide bonds. The molecule has 2 heterocycles. The summed E-state index contributed by atoms with van der Waals surface area (Å²) >= 11 is 0. The smallest absolute Gasteiger partial charge is 0.356 e. The predicted molar refractivity (Wildman–Crippen MR) is 85.3 cm³/mol. The van der Waals surface area contributed by atoms with Crippen LogP contribution in [0.5, 0.6) is 0 Å². The first-order valence-electron chi connectivity index (χ1n) is 7.41. The van der Waals surface area contributed by atoms with Gasteiger partial charge in [-0.15, -0.1) is 0 Å². The molecule has 1 N–H and O–H groups in total. The van der Waals surface area contributed by atoms with Crippen LogP contribution in [-0.2, 0) is 9.47 Å². The van der Waals surface area contributed by atoms with Crippen molar-refractivity contribution in [3.05, 3.63) is 41.7 Å². The van der Waals surface area contributed by atoms with Crippen LogP contribution in [0.15, 0.2) is 30.3 Å². The normalized spacial score (nSPS) is 14.9. The number of morpholine rings is 1. The molecule has 0 saturated carbocycles. The molecule has 0 aliphatic carbocycles. The van der Waals surface area contributed by atoms with E-state index in [4.69, 9.17) is 9.47 Å². The molecule has 0 radical (unpaired) electrons. The van der Waals surface area contributed by atoms with Gasteiger partial charge >= 0.3 is 5.97 Å². The lowest BCUT2D eigenvalue weighted by molar-refractivity contribution is 0.0594. The van der Waals surface area contributed by atoms with Gasteiger partial charge in [-0.3, -0.25) is 0 Å². The summed E-state index contributed by atoms with van der Waals surface area (Å²) in [5, 5.41) is 0. The molecule has 1 aromatic heterocycles. The molecule has 1 fully saturated rings. The Morgan fingerprint density at radius 1 is 1.23 bits per heavy atom. The first-order chi connectivity index (χ1) is 10.7. The number of carbonyl (C=O) groups excluding carboxylic acids is 1. The van der Waals surface area contributed by atoms with Gasteiger partial charge in [0.2, 0.25) is 0 Å². The largest absolute Gasteiger partial charge is 0.464 e. The van der Waals surface area contributed by atoms with Gasteiger partial charge in [-0.1, -0.05) is 30.3 Å². The highest BCUT2D eigenvalue weighted by atomic mass is 16.5. The summed E-state index contributed by atoms with van der Waals surface area (Å²) in [6.45, 7) is 4.85. The quantitative estimate of drug-likeness (QED) is 0.885. The number of carbonyl (C=O) groups is 1. The fourth-order valence-electron chi connectivity index (χ4n) is 2.92. The minimum atomic E-state index is -0.341. The summed E-state index contributed by atoms with van der Waals surface area (Å²) < 4.78 is 10.4. The number of ether oxygens (including phenoxy) is 2. The van der Waals surface area contributed by atoms with Crippen LogP contribution >= 0.6 is 0 Å². The molecule has 0 atom stereocenters. The summed E-state index contributed by atoms with van der Waals surface area (Å²) in [5.74, 6) is -0.341. The molecule has 1 aromatic carbocycles. The third-order valence-electron chi connectivity index (χ3n) is 3.94. The Kier molecular flexibility index (Phi) is 4.15. The first-order valence-corrected chi connectivity index (χ1v) is 7.41. The zero-order valence-electron chi connectivity index (χ0n) is 12.9. The van der Waals surface area contributed by atoms with Gasteiger partial charge in [0.15, 0.2) is 0 Å². The van der Waals surface area contributed by atoms with Crippen molar-refractivity contribution in [2.45, 2.75) is 6.92 Å². The molecule has 116 valence electrons. The number of aryl methyl sites for hydroxylation is 1. The summed E-state index contributed by atoms with van der Waals surface area (Å²) in [5.41, 5.74) is 4.54. The molecule has 2 aromatic rings. The van der Waals surface area contributed by atoms with Crippen LogP contribution in [0.2, 0.25) is 0 Å². The van der Waals surface area contributed by atoms with E-state index in [1.165, 1.54) is 7.11 Å². The van der Waals surface area contributed by atoms with Crippen molar-refractivity contribution in [1.82, 2.24) is 4.98 Å². The fraction of sp³-hybridized carbons (Fsp3) is 0.353. The van der Waals surface area contributed by atoms with E-state index in [0.29, 0.717) is 18.9 Å². The molecule has 1 aliphatic rings. The maximum atomic E-state index is 12.2. The number of hydrogen-bond donors (Lipinski definition) is 1. The zero-order chi connectivity index (χ0) is 15.5. The third kappa shape index (κ3) is 2.60. The summed E-state index contributed by atoms with van der Waals surface area (Å²) in [4.78, 5) is 17.6. The number of hydrogen-bond acceptors (Lipinski definition) is 4. The van der Waals surface area contributed by atoms with Crippen LogP contribution in [-0.4, -0.2) is 44.4 Å². The van der Waals surface area contributed by atoms with Gasteiger partial charge in [0.1, 0.15) is 5.69 Å². The second-order valence-electron chi connectivity index (χ2n) is 5.31. The van der Waals surface area contributed by atoms with E-state index in [1.54, 1.807) is 0 Å². The molecule has 22 heavy (non-hydrogen) atoms. The molecule has 5 nitrogen and oxygen atoms in total. The van der Waals surface area contributed by atoms with Gasteiger partial charge in [-0.25, -0.2) is 4.79 Å². The second-order valence-corrected chi connectivity index (χ2v) is 5.31. The van der Waals surface area contributed by atoms with Crippen LogP contribution < -0.4 is 4.90 Å². The molecule has 0 unspecified atom stereocenters. The highest BCUT2D eigenvalue weighted by Gasteiger charge is 2.27. The molecule has 0 spiro atoms. The molecule has 1 saturated heterocycles. The molecule has 0 bridgehead atoms. The topological polar surface area (TPSA) is 54.6 Å². The van der Waals surface area contributed by atoms with Crippen molar-refractivity contribution < 1.29 is 14.3 Å². The van der Waals surface area contributed by atoms with E-state index in [1.807, 2.05) is 25.1 Å². The van der Waals surface area contributed by atoms with E-state index < -0.39 is 0 Å². The van der Waals surface area contributed by atoms with E-state index in [-0.39, 0.29) is 5.97 Å². The van der Waals surface area contributed by atoms with Crippen molar-refractivity contribution in [3.63, 3.8) is 0 Å². The highest BCUT2D eigenvalue weighted by Crippen LogP contribution is 2.37. The van der Waals surface area contributed by atoms with Crippen LogP contribution in [0.25, 0.3) is 11.1 Å². The van der Waals surface area contributed by atoms with E-state index in [0.717, 1.165) is 35.6 Å². The standard InChI is InChI=1S/C17H20N2O3/c1-12-14(13-6-4-3-5-7-13)16(15(18-12)17(20)21-2)19-8-10-22-11-9-19/h3-7,18H,8-11H2,1-2H3. The van der Waals surface area contributed by atoms with Gasteiger partial charge < -0.3 is 19.4 Å². The highest BCUT2D eigenvalue weighted by molar-refractivity contribution is 6.00. The Morgan fingerprint density at radius 2 is 1.91 bits per heavy atom. The maximum Gasteiger partial charge on any atom is 0.356 e. The number of aromatic amines is 1. The summed E-state index contributed by atoms with van der Waals surface area (Å²) in [6, 6.07) is 10.1. The molecular formula is C17H20N2O3. The molecule has 3 rings (SSSR count). The summed E-state index contributed by atoms with van der Waals surface area (Å²) in [6.07, 6.45) is 0. The van der Waals surface area contributed by atoms with E-state index in [2.05, 4.69) is 22.0 Å². The number of rotatable bonds is 3. The predicted octanol–water partition coefficient (Wildman–Crippen LogP) is 2.61. The number of benzene rings is 1. The van der Waals surface area contributed by atoms with Gasteiger partial charge in [-0.2, -0.15) is 0 Å². The van der Waals surface area contributed by atoms with Crippen molar-refractivity contribution in [2.24, 2.45) is 0 Å². The zero-order valence-corrected chi connectivity index (χ0v) is 12.9. The fourth-order valence-corrected chi connectivity index (χ4v) is 2.92. The van der Waals surface area contributed by atoms with Gasteiger partial charge in [0.05, 0.1) is 26.0 Å². The maximum absolute atomic E-state index is 12.2. The number of esters is 1. The minimum Gasteiger partial charge on any atom is -0.464 e. The second kappa shape index (κ2) is 6.23. The Balaban J connectivity index is 2.15. The number of nitrogens with one attached hydrogen (secondary N) is 1. The lowest BCUT2D eigenvalue weighted by Crippen LogP contribution is -2.37. The van der Waals surface area contributed by atoms with Crippen LogP contribution in [0.4, 0.5) is 5.69 Å². The lowest BCUT2D eigenvalue weighted by Gasteiger charge is -2.30. The number of nitrogens with zero attached hydrogens (tertiary/aromatic N) is 1. The summed E-state index contributed by atoms with van der Waals surface area (Å²) in [7, 11) is 1.41. The van der Waals surface area contributed by atoms with Crippen molar-refractivity contribution in [2.75, 3.05) is 38.3 Å². The molecule has 1 aliphatic heterocycles. The Morgan fingerprint density at radius 3 is 2.55 bits per heavy atom. The number of anilines is 1. The Hall–Kier alpha value is -2.27. The van der Waals surface area contributed by atoms with Gasteiger partial charge in [0.25, 0.3) is 0 Å². The van der Waals surface area contributed by atoms with Crippen molar-refractivity contribution in [3.8, 4) is 11.1 Å². The number of H-pyrrole nitrogens is 1. The van der Waals surface area contributed by atoms with Crippen LogP contribution in [0, 0.1) is 6.92 Å². The number of methoxy groups -OCH3 is 1. The van der Waals surface area contributed by atoms with E-state index >= 15 is 0 Å². The SMILES string of the molecule is COC(=O)c1[nH]c(C)c(-c2ccccc2)c1N1CCOCC1. The number of aromatic nitrogens is 1. The third-order valence-corrected chi connectivity index (χ3v) is 3.94. The van der Waals surface area contributed by atoms with Gasteiger partial charge in [0, 0.05) is 24.3 Å². The molecular weight excluding hydrogens is 280 g/mol. The monoisotopic (exact) mass is 300 g/mol. The minimum absolute atomic E-state index is 0.341. The van der Waals surface area contributed by atoms with Crippen LogP contribution in [0.1, 0.15) is 16.2 Å². The lowest BCUT2D eigenvalue weighted by atomic mass is 10.0.